The van der Waals surface area contributed by atoms with Crippen LogP contribution in [0.5, 0.6) is 5.75 Å². The summed E-state index contributed by atoms with van der Waals surface area (Å²) in [6, 6.07) is 5.47. The molecule has 0 saturated heterocycles. The second-order valence-corrected chi connectivity index (χ2v) is 5.64. The highest BCUT2D eigenvalue weighted by molar-refractivity contribution is 7.84. The second-order valence-electron chi connectivity index (χ2n) is 4.07. The molecule has 1 aromatic rings. The number of hydrogen-bond donors (Lipinski definition) is 1. The van der Waals surface area contributed by atoms with Crippen molar-refractivity contribution in [2.24, 2.45) is 0 Å². The van der Waals surface area contributed by atoms with Crippen molar-refractivity contribution in [2.45, 2.75) is 31.9 Å². The van der Waals surface area contributed by atoms with Gasteiger partial charge in [-0.1, -0.05) is 19.8 Å². The molecule has 1 unspecified atom stereocenters. The first-order chi connectivity index (χ1) is 8.17. The van der Waals surface area contributed by atoms with E-state index in [1.807, 2.05) is 12.1 Å². The van der Waals surface area contributed by atoms with Gasteiger partial charge in [0.25, 0.3) is 0 Å². The van der Waals surface area contributed by atoms with Crippen LogP contribution < -0.4 is 10.5 Å². The third-order valence-electron chi connectivity index (χ3n) is 2.60. The van der Waals surface area contributed by atoms with Crippen LogP contribution >= 0.6 is 0 Å². The molecule has 3 nitrogen and oxygen atoms in total. The van der Waals surface area contributed by atoms with Gasteiger partial charge in [0.1, 0.15) is 5.75 Å². The van der Waals surface area contributed by atoms with Gasteiger partial charge in [-0.05, 0) is 24.6 Å². The number of methoxy groups -OCH3 is 1. The maximum Gasteiger partial charge on any atom is 0.123 e. The van der Waals surface area contributed by atoms with E-state index in [0.717, 1.165) is 36.3 Å². The van der Waals surface area contributed by atoms with Gasteiger partial charge < -0.3 is 10.5 Å². The van der Waals surface area contributed by atoms with Gasteiger partial charge in [-0.2, -0.15) is 0 Å². The normalized spacial score (nSPS) is 12.4. The predicted molar refractivity (Wildman–Crippen MR) is 73.6 cm³/mol. The minimum atomic E-state index is -0.828. The molecule has 0 radical (unpaired) electrons. The zero-order chi connectivity index (χ0) is 12.7. The molecule has 2 N–H and O–H groups in total. The predicted octanol–water partition coefficient (Wildman–Crippen LogP) is 2.72. The SMILES string of the molecule is CCCCCS(=O)Cc1cc(N)ccc1OC. The van der Waals surface area contributed by atoms with Crippen LogP contribution in [0.25, 0.3) is 0 Å². The van der Waals surface area contributed by atoms with Crippen LogP contribution in [0.3, 0.4) is 0 Å². The Morgan fingerprint density at radius 3 is 2.76 bits per heavy atom. The fourth-order valence-corrected chi connectivity index (χ4v) is 2.91. The molecule has 0 aromatic heterocycles. The van der Waals surface area contributed by atoms with E-state index in [2.05, 4.69) is 6.92 Å². The number of nitrogen functional groups attached to an aromatic ring is 1. The maximum atomic E-state index is 11.9. The summed E-state index contributed by atoms with van der Waals surface area (Å²) in [6.07, 6.45) is 3.31. The van der Waals surface area contributed by atoms with E-state index in [0.29, 0.717) is 11.4 Å². The first-order valence-electron chi connectivity index (χ1n) is 5.94. The lowest BCUT2D eigenvalue weighted by molar-refractivity contribution is 0.411. The molecule has 0 amide bonds. The molecule has 0 heterocycles. The number of hydrogen-bond acceptors (Lipinski definition) is 3. The molecule has 96 valence electrons. The fourth-order valence-electron chi connectivity index (χ4n) is 1.67. The number of ether oxygens (including phenoxy) is 1. The van der Waals surface area contributed by atoms with Gasteiger partial charge in [0.2, 0.25) is 0 Å². The summed E-state index contributed by atoms with van der Waals surface area (Å²) < 4.78 is 17.1. The zero-order valence-electron chi connectivity index (χ0n) is 10.6. The number of nitrogens with two attached hydrogens (primary N) is 1. The molecule has 0 aliphatic heterocycles. The van der Waals surface area contributed by atoms with Gasteiger partial charge in [0, 0.05) is 27.8 Å². The lowest BCUT2D eigenvalue weighted by atomic mass is 10.2. The van der Waals surface area contributed by atoms with Crippen molar-refractivity contribution in [3.05, 3.63) is 23.8 Å². The van der Waals surface area contributed by atoms with Gasteiger partial charge in [0.15, 0.2) is 0 Å². The van der Waals surface area contributed by atoms with Crippen molar-refractivity contribution in [2.75, 3.05) is 18.6 Å². The van der Waals surface area contributed by atoms with Gasteiger partial charge in [0.05, 0.1) is 12.9 Å². The smallest absolute Gasteiger partial charge is 0.123 e. The van der Waals surface area contributed by atoms with E-state index in [4.69, 9.17) is 10.5 Å². The summed E-state index contributed by atoms with van der Waals surface area (Å²) in [5.41, 5.74) is 7.34. The largest absolute Gasteiger partial charge is 0.496 e. The molecule has 0 saturated carbocycles. The van der Waals surface area contributed by atoms with E-state index in [9.17, 15) is 4.21 Å². The molecule has 0 spiro atoms. The molecule has 17 heavy (non-hydrogen) atoms. The second kappa shape index (κ2) is 7.33. The topological polar surface area (TPSA) is 52.3 Å². The highest BCUT2D eigenvalue weighted by atomic mass is 32.2. The number of unbranched alkanes of at least 4 members (excludes halogenated alkanes) is 2. The van der Waals surface area contributed by atoms with Crippen molar-refractivity contribution in [1.29, 1.82) is 0 Å². The van der Waals surface area contributed by atoms with Crippen molar-refractivity contribution in [3.63, 3.8) is 0 Å². The van der Waals surface area contributed by atoms with E-state index < -0.39 is 10.8 Å². The summed E-state index contributed by atoms with van der Waals surface area (Å²) in [6.45, 7) is 2.14. The van der Waals surface area contributed by atoms with Crippen molar-refractivity contribution in [3.8, 4) is 5.75 Å². The molecule has 0 aliphatic carbocycles. The van der Waals surface area contributed by atoms with E-state index >= 15 is 0 Å². The Morgan fingerprint density at radius 2 is 2.12 bits per heavy atom. The molecule has 1 aromatic carbocycles. The Labute approximate surface area is 106 Å². The molecular formula is C13H21NO2S. The maximum absolute atomic E-state index is 11.9. The first-order valence-corrected chi connectivity index (χ1v) is 7.43. The van der Waals surface area contributed by atoms with Crippen molar-refractivity contribution < 1.29 is 8.95 Å². The van der Waals surface area contributed by atoms with Crippen LogP contribution in [0.15, 0.2) is 18.2 Å². The van der Waals surface area contributed by atoms with Gasteiger partial charge in [-0.25, -0.2) is 0 Å². The van der Waals surface area contributed by atoms with Gasteiger partial charge in [-0.15, -0.1) is 0 Å². The number of anilines is 1. The third-order valence-corrected chi connectivity index (χ3v) is 3.97. The Hall–Kier alpha value is -1.03. The van der Waals surface area contributed by atoms with Crippen molar-refractivity contribution >= 4 is 16.5 Å². The van der Waals surface area contributed by atoms with E-state index in [1.54, 1.807) is 13.2 Å². The van der Waals surface area contributed by atoms with E-state index in [1.165, 1.54) is 0 Å². The summed E-state index contributed by atoms with van der Waals surface area (Å²) >= 11 is 0. The standard InChI is InChI=1S/C13H21NO2S/c1-3-4-5-8-17(15)10-11-9-12(14)6-7-13(11)16-2/h6-7,9H,3-5,8,10,14H2,1-2H3. The van der Waals surface area contributed by atoms with Crippen LogP contribution in [0.4, 0.5) is 5.69 Å². The molecule has 1 rings (SSSR count). The molecule has 4 heteroatoms. The molecule has 0 fully saturated rings. The quantitative estimate of drug-likeness (QED) is 0.602. The average molecular weight is 255 g/mol. The van der Waals surface area contributed by atoms with Crippen LogP contribution in [-0.2, 0) is 16.6 Å². The number of benzene rings is 1. The highest BCUT2D eigenvalue weighted by Gasteiger charge is 2.07. The minimum absolute atomic E-state index is 0.526. The molecule has 0 bridgehead atoms. The summed E-state index contributed by atoms with van der Waals surface area (Å²) in [5, 5.41) is 0. The monoisotopic (exact) mass is 255 g/mol. The Kier molecular flexibility index (Phi) is 6.05. The first kappa shape index (κ1) is 14.0. The highest BCUT2D eigenvalue weighted by Crippen LogP contribution is 2.22. The number of rotatable bonds is 7. The lowest BCUT2D eigenvalue weighted by Gasteiger charge is -2.09. The van der Waals surface area contributed by atoms with Gasteiger partial charge in [-0.3, -0.25) is 4.21 Å². The summed E-state index contributed by atoms with van der Waals surface area (Å²) in [4.78, 5) is 0. The van der Waals surface area contributed by atoms with Gasteiger partial charge >= 0.3 is 0 Å². The van der Waals surface area contributed by atoms with Crippen LogP contribution in [0.1, 0.15) is 31.7 Å². The molecular weight excluding hydrogens is 234 g/mol. The summed E-state index contributed by atoms with van der Waals surface area (Å²) in [5.74, 6) is 2.05. The Balaban J connectivity index is 2.60. The minimum Gasteiger partial charge on any atom is -0.496 e. The van der Waals surface area contributed by atoms with Crippen LogP contribution in [0.2, 0.25) is 0 Å². The van der Waals surface area contributed by atoms with E-state index in [-0.39, 0.29) is 0 Å². The Morgan fingerprint density at radius 1 is 1.35 bits per heavy atom. The average Bonchev–Trinajstić information content (AvgIpc) is 2.29. The molecule has 1 atom stereocenters. The van der Waals surface area contributed by atoms with Crippen LogP contribution in [-0.4, -0.2) is 17.1 Å². The summed E-state index contributed by atoms with van der Waals surface area (Å²) in [7, 11) is 0.792. The van der Waals surface area contributed by atoms with Crippen molar-refractivity contribution in [1.82, 2.24) is 0 Å². The lowest BCUT2D eigenvalue weighted by Crippen LogP contribution is -2.03. The fraction of sp³-hybridized carbons (Fsp3) is 0.538. The Bertz CT molecular complexity index is 380. The third kappa shape index (κ3) is 4.77. The zero-order valence-corrected chi connectivity index (χ0v) is 11.4. The van der Waals surface area contributed by atoms with Crippen LogP contribution in [0, 0.1) is 0 Å². The molecule has 0 aliphatic rings.